The van der Waals surface area contributed by atoms with E-state index in [-0.39, 0.29) is 16.6 Å². The Bertz CT molecular complexity index is 808. The van der Waals surface area contributed by atoms with Crippen LogP contribution in [0.3, 0.4) is 0 Å². The van der Waals surface area contributed by atoms with E-state index in [1.165, 1.54) is 16.4 Å². The highest BCUT2D eigenvalue weighted by atomic mass is 32.2. The van der Waals surface area contributed by atoms with Crippen molar-refractivity contribution < 1.29 is 13.3 Å². The third-order valence-corrected chi connectivity index (χ3v) is 7.71. The van der Waals surface area contributed by atoms with Crippen LogP contribution in [0.2, 0.25) is 0 Å². The van der Waals surface area contributed by atoms with Gasteiger partial charge in [-0.05, 0) is 44.8 Å². The molecule has 8 nitrogen and oxygen atoms in total. The highest BCUT2D eigenvalue weighted by Gasteiger charge is 2.35. The molecule has 2 aliphatic heterocycles. The van der Waals surface area contributed by atoms with Crippen molar-refractivity contribution in [1.82, 2.24) is 9.21 Å². The van der Waals surface area contributed by atoms with Crippen LogP contribution in [-0.4, -0.2) is 68.9 Å². The van der Waals surface area contributed by atoms with Gasteiger partial charge in [0, 0.05) is 44.9 Å². The van der Waals surface area contributed by atoms with E-state index in [1.807, 2.05) is 11.9 Å². The summed E-state index contributed by atoms with van der Waals surface area (Å²) >= 11 is 0. The van der Waals surface area contributed by atoms with Gasteiger partial charge in [0.15, 0.2) is 0 Å². The summed E-state index contributed by atoms with van der Waals surface area (Å²) in [6.45, 7) is 4.99. The monoisotopic (exact) mass is 396 g/mol. The Hall–Kier alpha value is -1.71. The van der Waals surface area contributed by atoms with Crippen LogP contribution in [0.4, 0.5) is 11.4 Å². The van der Waals surface area contributed by atoms with Crippen molar-refractivity contribution in [3.05, 3.63) is 28.3 Å². The Morgan fingerprint density at radius 2 is 1.89 bits per heavy atom. The van der Waals surface area contributed by atoms with E-state index in [2.05, 4.69) is 18.9 Å². The Balaban J connectivity index is 2.03. The van der Waals surface area contributed by atoms with Crippen molar-refractivity contribution in [2.45, 2.75) is 37.1 Å². The predicted molar refractivity (Wildman–Crippen MR) is 105 cm³/mol. The second-order valence-corrected chi connectivity index (χ2v) is 9.63. The van der Waals surface area contributed by atoms with E-state index in [1.54, 1.807) is 6.07 Å². The Morgan fingerprint density at radius 1 is 1.22 bits per heavy atom. The number of sulfonamides is 1. The van der Waals surface area contributed by atoms with Crippen LogP contribution in [0.25, 0.3) is 0 Å². The molecule has 0 unspecified atom stereocenters. The number of benzene rings is 1. The average molecular weight is 397 g/mol. The normalized spacial score (nSPS) is 24.9. The fourth-order valence-corrected chi connectivity index (χ4v) is 6.04. The summed E-state index contributed by atoms with van der Waals surface area (Å²) in [5.41, 5.74) is 0.357. The van der Waals surface area contributed by atoms with E-state index in [0.717, 1.165) is 32.4 Å². The van der Waals surface area contributed by atoms with Crippen molar-refractivity contribution in [2.75, 3.05) is 45.2 Å². The first-order valence-corrected chi connectivity index (χ1v) is 10.9. The van der Waals surface area contributed by atoms with E-state index < -0.39 is 14.9 Å². The third kappa shape index (κ3) is 3.95. The van der Waals surface area contributed by atoms with Crippen LogP contribution in [0.15, 0.2) is 23.1 Å². The molecule has 0 bridgehead atoms. The van der Waals surface area contributed by atoms with Crippen molar-refractivity contribution >= 4 is 21.4 Å². The minimum Gasteiger partial charge on any atom is -0.370 e. The molecule has 27 heavy (non-hydrogen) atoms. The predicted octanol–water partition coefficient (Wildman–Crippen LogP) is 2.16. The second kappa shape index (κ2) is 7.73. The van der Waals surface area contributed by atoms with Gasteiger partial charge in [-0.3, -0.25) is 10.1 Å². The minimum absolute atomic E-state index is 0.0484. The van der Waals surface area contributed by atoms with E-state index in [0.29, 0.717) is 24.7 Å². The van der Waals surface area contributed by atoms with Crippen LogP contribution in [-0.2, 0) is 10.0 Å². The molecule has 0 radical (unpaired) electrons. The summed E-state index contributed by atoms with van der Waals surface area (Å²) in [5, 5.41) is 11.3. The number of nitro benzene ring substituents is 1. The topological polar surface area (TPSA) is 87.0 Å². The molecule has 0 N–H and O–H groups in total. The van der Waals surface area contributed by atoms with Gasteiger partial charge in [0.25, 0.3) is 5.69 Å². The molecule has 1 aromatic carbocycles. The third-order valence-electron chi connectivity index (χ3n) is 5.78. The number of likely N-dealkylation sites (tertiary alicyclic amines) is 1. The molecule has 0 aromatic heterocycles. The SMILES string of the molecule is C[C@@H]1CN(C)CC[C@H]1N(C)c1ccc([N+](=O)[O-])cc1S(=O)(=O)N1CCCC1. The van der Waals surface area contributed by atoms with Crippen molar-refractivity contribution in [3.63, 3.8) is 0 Å². The number of anilines is 1. The van der Waals surface area contributed by atoms with Gasteiger partial charge < -0.3 is 9.80 Å². The van der Waals surface area contributed by atoms with E-state index >= 15 is 0 Å². The molecule has 2 atom stereocenters. The number of nitro groups is 1. The fourth-order valence-electron chi connectivity index (χ4n) is 4.28. The van der Waals surface area contributed by atoms with Crippen molar-refractivity contribution in [2.24, 2.45) is 5.92 Å². The molecule has 3 rings (SSSR count). The van der Waals surface area contributed by atoms with Crippen LogP contribution < -0.4 is 4.90 Å². The minimum atomic E-state index is -3.76. The maximum Gasteiger partial charge on any atom is 0.270 e. The molecule has 2 fully saturated rings. The molecule has 0 saturated carbocycles. The van der Waals surface area contributed by atoms with Crippen LogP contribution in [0, 0.1) is 16.0 Å². The van der Waals surface area contributed by atoms with Gasteiger partial charge in [-0.2, -0.15) is 4.31 Å². The van der Waals surface area contributed by atoms with E-state index in [4.69, 9.17) is 0 Å². The lowest BCUT2D eigenvalue weighted by molar-refractivity contribution is -0.385. The zero-order chi connectivity index (χ0) is 19.8. The van der Waals surface area contributed by atoms with Gasteiger partial charge in [0.2, 0.25) is 10.0 Å². The number of nitrogens with zero attached hydrogens (tertiary/aromatic N) is 4. The summed E-state index contributed by atoms with van der Waals surface area (Å²) in [6, 6.07) is 4.40. The summed E-state index contributed by atoms with van der Waals surface area (Å²) in [7, 11) is 0.224. The molecule has 0 aliphatic carbocycles. The quantitative estimate of drug-likeness (QED) is 0.560. The Morgan fingerprint density at radius 3 is 2.48 bits per heavy atom. The molecule has 2 heterocycles. The average Bonchev–Trinajstić information content (AvgIpc) is 3.16. The number of rotatable bonds is 5. The fraction of sp³-hybridized carbons (Fsp3) is 0.667. The smallest absolute Gasteiger partial charge is 0.270 e. The van der Waals surface area contributed by atoms with Gasteiger partial charge in [-0.1, -0.05) is 6.92 Å². The zero-order valence-electron chi connectivity index (χ0n) is 16.2. The van der Waals surface area contributed by atoms with Crippen molar-refractivity contribution in [1.29, 1.82) is 0 Å². The number of piperidine rings is 1. The molecule has 1 aromatic rings. The van der Waals surface area contributed by atoms with Gasteiger partial charge in [0.1, 0.15) is 4.90 Å². The Kier molecular flexibility index (Phi) is 5.73. The van der Waals surface area contributed by atoms with Crippen molar-refractivity contribution in [3.8, 4) is 0 Å². The molecular weight excluding hydrogens is 368 g/mol. The standard InChI is InChI=1S/C18H28N4O4S/c1-14-13-19(2)11-8-16(14)20(3)17-7-6-15(22(23)24)12-18(17)27(25,26)21-9-4-5-10-21/h6-7,12,14,16H,4-5,8-11,13H2,1-3H3/t14-,16-/m1/s1. The zero-order valence-corrected chi connectivity index (χ0v) is 17.0. The van der Waals surface area contributed by atoms with Crippen LogP contribution in [0.5, 0.6) is 0 Å². The molecule has 9 heteroatoms. The van der Waals surface area contributed by atoms with E-state index in [9.17, 15) is 18.5 Å². The number of hydrogen-bond acceptors (Lipinski definition) is 6. The van der Waals surface area contributed by atoms with Gasteiger partial charge in [0.05, 0.1) is 10.6 Å². The van der Waals surface area contributed by atoms with Crippen LogP contribution >= 0.6 is 0 Å². The first-order chi connectivity index (χ1) is 12.7. The van der Waals surface area contributed by atoms with Gasteiger partial charge >= 0.3 is 0 Å². The first kappa shape index (κ1) is 20.0. The molecule has 150 valence electrons. The van der Waals surface area contributed by atoms with Crippen LogP contribution in [0.1, 0.15) is 26.2 Å². The van der Waals surface area contributed by atoms with Gasteiger partial charge in [-0.25, -0.2) is 8.42 Å². The lowest BCUT2D eigenvalue weighted by Crippen LogP contribution is -2.48. The van der Waals surface area contributed by atoms with Gasteiger partial charge in [-0.15, -0.1) is 0 Å². The number of hydrogen-bond donors (Lipinski definition) is 0. The maximum absolute atomic E-state index is 13.2. The lowest BCUT2D eigenvalue weighted by atomic mass is 9.92. The molecule has 0 spiro atoms. The highest BCUT2D eigenvalue weighted by molar-refractivity contribution is 7.89. The first-order valence-electron chi connectivity index (χ1n) is 9.42. The molecule has 2 saturated heterocycles. The lowest BCUT2D eigenvalue weighted by Gasteiger charge is -2.41. The second-order valence-electron chi connectivity index (χ2n) is 7.73. The molecule has 2 aliphatic rings. The number of non-ortho nitro benzene ring substituents is 1. The summed E-state index contributed by atoms with van der Waals surface area (Å²) in [5.74, 6) is 0.367. The summed E-state index contributed by atoms with van der Waals surface area (Å²) in [6.07, 6.45) is 2.57. The Labute approximate surface area is 160 Å². The summed E-state index contributed by atoms with van der Waals surface area (Å²) < 4.78 is 27.9. The maximum atomic E-state index is 13.2. The highest BCUT2D eigenvalue weighted by Crippen LogP contribution is 2.35. The largest absolute Gasteiger partial charge is 0.370 e. The molecular formula is C18H28N4O4S. The summed E-state index contributed by atoms with van der Waals surface area (Å²) in [4.78, 5) is 15.0. The molecule has 0 amide bonds.